The van der Waals surface area contributed by atoms with E-state index in [4.69, 9.17) is 0 Å². The molecule has 142 valence electrons. The number of pyridine rings is 1. The third-order valence-corrected chi connectivity index (χ3v) is 6.07. The Morgan fingerprint density at radius 3 is 2.65 bits per heavy atom. The molecule has 0 spiro atoms. The lowest BCUT2D eigenvalue weighted by molar-refractivity contribution is -0.132. The Balaban J connectivity index is 0.00000121. The number of nitrogens with zero attached hydrogens (tertiary/aromatic N) is 3. The molecule has 4 rings (SSSR count). The standard InChI is InChI=1S/C18H22N4OS.2ClH/c1-22(15-8-12-5-6-13(9-15)20-12)17(23)10-14-11-24-18(21-14)16-4-2-3-7-19-16;;/h2-4,7,11-13,15,20H,5-6,8-10H2,1H3;2*1H. The van der Waals surface area contributed by atoms with Crippen molar-refractivity contribution in [2.24, 2.45) is 0 Å². The van der Waals surface area contributed by atoms with Crippen LogP contribution in [0.25, 0.3) is 10.7 Å². The average molecular weight is 415 g/mol. The summed E-state index contributed by atoms with van der Waals surface area (Å²) < 4.78 is 0. The Kier molecular flexibility index (Phi) is 7.41. The highest BCUT2D eigenvalue weighted by molar-refractivity contribution is 7.13. The Hall–Kier alpha value is -1.21. The zero-order valence-electron chi connectivity index (χ0n) is 14.6. The Morgan fingerprint density at radius 1 is 1.27 bits per heavy atom. The largest absolute Gasteiger partial charge is 0.342 e. The number of likely N-dealkylation sites (N-methyl/N-ethyl adjacent to an activating group) is 1. The first-order chi connectivity index (χ1) is 11.7. The highest BCUT2D eigenvalue weighted by Gasteiger charge is 2.36. The summed E-state index contributed by atoms with van der Waals surface area (Å²) in [5.74, 6) is 0.166. The number of hydrogen-bond donors (Lipinski definition) is 1. The van der Waals surface area contributed by atoms with Gasteiger partial charge in [-0.15, -0.1) is 36.2 Å². The quantitative estimate of drug-likeness (QED) is 0.832. The highest BCUT2D eigenvalue weighted by atomic mass is 35.5. The van der Waals surface area contributed by atoms with Gasteiger partial charge in [0.15, 0.2) is 0 Å². The van der Waals surface area contributed by atoms with Crippen LogP contribution in [-0.2, 0) is 11.2 Å². The molecule has 2 aromatic heterocycles. The fourth-order valence-corrected chi connectivity index (χ4v) is 4.62. The summed E-state index contributed by atoms with van der Waals surface area (Å²) in [5.41, 5.74) is 1.71. The van der Waals surface area contributed by atoms with Gasteiger partial charge >= 0.3 is 0 Å². The lowest BCUT2D eigenvalue weighted by Gasteiger charge is -2.35. The maximum Gasteiger partial charge on any atom is 0.228 e. The molecule has 8 heteroatoms. The van der Waals surface area contributed by atoms with Crippen molar-refractivity contribution in [2.45, 2.75) is 50.2 Å². The van der Waals surface area contributed by atoms with Crippen LogP contribution in [0.3, 0.4) is 0 Å². The van der Waals surface area contributed by atoms with Gasteiger partial charge in [-0.25, -0.2) is 4.98 Å². The summed E-state index contributed by atoms with van der Waals surface area (Å²) in [6, 6.07) is 7.35. The predicted molar refractivity (Wildman–Crippen MR) is 109 cm³/mol. The van der Waals surface area contributed by atoms with Crippen molar-refractivity contribution in [3.8, 4) is 10.7 Å². The lowest BCUT2D eigenvalue weighted by Crippen LogP contribution is -2.49. The van der Waals surface area contributed by atoms with E-state index in [1.807, 2.05) is 35.5 Å². The number of nitrogens with one attached hydrogen (secondary N) is 1. The van der Waals surface area contributed by atoms with Crippen LogP contribution in [0.2, 0.25) is 0 Å². The van der Waals surface area contributed by atoms with E-state index >= 15 is 0 Å². The van der Waals surface area contributed by atoms with Crippen LogP contribution in [0.1, 0.15) is 31.4 Å². The van der Waals surface area contributed by atoms with Crippen LogP contribution in [0.5, 0.6) is 0 Å². The third kappa shape index (κ3) is 4.55. The van der Waals surface area contributed by atoms with Crippen molar-refractivity contribution in [3.05, 3.63) is 35.5 Å². The highest BCUT2D eigenvalue weighted by Crippen LogP contribution is 2.29. The summed E-state index contributed by atoms with van der Waals surface area (Å²) in [4.78, 5) is 23.5. The van der Waals surface area contributed by atoms with Gasteiger partial charge in [0.05, 0.1) is 17.8 Å². The number of hydrogen-bond acceptors (Lipinski definition) is 5. The molecular formula is C18H24Cl2N4OS. The molecule has 26 heavy (non-hydrogen) atoms. The molecule has 0 aliphatic carbocycles. The molecular weight excluding hydrogens is 391 g/mol. The van der Waals surface area contributed by atoms with Gasteiger partial charge in [-0.3, -0.25) is 9.78 Å². The Bertz CT molecular complexity index is 715. The normalized spacial score (nSPS) is 23.7. The number of aromatic nitrogens is 2. The Morgan fingerprint density at radius 2 is 2.00 bits per heavy atom. The van der Waals surface area contributed by atoms with Crippen LogP contribution < -0.4 is 5.32 Å². The fourth-order valence-electron chi connectivity index (χ4n) is 3.82. The van der Waals surface area contributed by atoms with Gasteiger partial charge in [-0.05, 0) is 37.8 Å². The molecule has 0 saturated carbocycles. The smallest absolute Gasteiger partial charge is 0.228 e. The van der Waals surface area contributed by atoms with Gasteiger partial charge in [0, 0.05) is 36.8 Å². The summed E-state index contributed by atoms with van der Waals surface area (Å²) in [5, 5.41) is 6.48. The number of rotatable bonds is 4. The molecule has 4 heterocycles. The number of amides is 1. The number of fused-ring (bicyclic) bond motifs is 2. The zero-order valence-corrected chi connectivity index (χ0v) is 17.1. The SMILES string of the molecule is CN(C(=O)Cc1csc(-c2ccccn2)n1)C1CC2CCC(C1)N2.Cl.Cl. The van der Waals surface area contributed by atoms with Crippen LogP contribution in [0.4, 0.5) is 0 Å². The molecule has 2 aliphatic rings. The minimum atomic E-state index is 0. The molecule has 2 atom stereocenters. The van der Waals surface area contributed by atoms with Crippen molar-refractivity contribution >= 4 is 42.1 Å². The van der Waals surface area contributed by atoms with Crippen molar-refractivity contribution in [1.82, 2.24) is 20.2 Å². The van der Waals surface area contributed by atoms with E-state index in [9.17, 15) is 4.79 Å². The summed E-state index contributed by atoms with van der Waals surface area (Å²) in [7, 11) is 1.95. The van der Waals surface area contributed by atoms with E-state index in [0.717, 1.165) is 29.2 Å². The van der Waals surface area contributed by atoms with E-state index in [-0.39, 0.29) is 30.7 Å². The monoisotopic (exact) mass is 414 g/mol. The molecule has 5 nitrogen and oxygen atoms in total. The van der Waals surface area contributed by atoms with E-state index in [2.05, 4.69) is 15.3 Å². The van der Waals surface area contributed by atoms with Crippen LogP contribution in [0, 0.1) is 0 Å². The van der Waals surface area contributed by atoms with Crippen molar-refractivity contribution in [3.63, 3.8) is 0 Å². The first-order valence-corrected chi connectivity index (χ1v) is 9.44. The van der Waals surface area contributed by atoms with Gasteiger partial charge in [-0.2, -0.15) is 0 Å². The summed E-state index contributed by atoms with van der Waals surface area (Å²) >= 11 is 1.55. The second-order valence-corrected chi connectivity index (χ2v) is 7.66. The lowest BCUT2D eigenvalue weighted by atomic mass is 9.98. The van der Waals surface area contributed by atoms with Crippen LogP contribution in [0.15, 0.2) is 29.8 Å². The van der Waals surface area contributed by atoms with Crippen molar-refractivity contribution in [1.29, 1.82) is 0 Å². The van der Waals surface area contributed by atoms with E-state index in [1.165, 1.54) is 12.8 Å². The Labute approximate surface area is 170 Å². The average Bonchev–Trinajstić information content (AvgIpc) is 3.21. The molecule has 2 aromatic rings. The van der Waals surface area contributed by atoms with Crippen molar-refractivity contribution in [2.75, 3.05) is 7.05 Å². The maximum absolute atomic E-state index is 12.6. The second-order valence-electron chi connectivity index (χ2n) is 6.80. The molecule has 0 aromatic carbocycles. The number of carbonyl (C=O) groups is 1. The number of halogens is 2. The summed E-state index contributed by atoms with van der Waals surface area (Å²) in [6.45, 7) is 0. The van der Waals surface area contributed by atoms with E-state index in [1.54, 1.807) is 17.5 Å². The minimum absolute atomic E-state index is 0. The van der Waals surface area contributed by atoms with Crippen LogP contribution >= 0.6 is 36.2 Å². The molecule has 0 radical (unpaired) electrons. The molecule has 2 bridgehead atoms. The van der Waals surface area contributed by atoms with Gasteiger partial charge in [0.2, 0.25) is 5.91 Å². The van der Waals surface area contributed by atoms with Gasteiger partial charge < -0.3 is 10.2 Å². The second kappa shape index (κ2) is 9.13. The van der Waals surface area contributed by atoms with Gasteiger partial charge in [0.1, 0.15) is 5.01 Å². The van der Waals surface area contributed by atoms with Crippen molar-refractivity contribution < 1.29 is 4.79 Å². The topological polar surface area (TPSA) is 58.1 Å². The third-order valence-electron chi connectivity index (χ3n) is 5.16. The molecule has 2 fully saturated rings. The van der Waals surface area contributed by atoms with Gasteiger partial charge in [-0.1, -0.05) is 6.07 Å². The number of piperidine rings is 1. The van der Waals surface area contributed by atoms with Gasteiger partial charge in [0.25, 0.3) is 0 Å². The molecule has 1 amide bonds. The minimum Gasteiger partial charge on any atom is -0.342 e. The maximum atomic E-state index is 12.6. The number of thiazole rings is 1. The predicted octanol–water partition coefficient (Wildman–Crippen LogP) is 3.33. The fraction of sp³-hybridized carbons (Fsp3) is 0.500. The van der Waals surface area contributed by atoms with E-state index in [0.29, 0.717) is 24.5 Å². The molecule has 2 unspecified atom stereocenters. The molecule has 2 aliphatic heterocycles. The summed E-state index contributed by atoms with van der Waals surface area (Å²) in [6.07, 6.45) is 6.80. The molecule has 2 saturated heterocycles. The van der Waals surface area contributed by atoms with Crippen LogP contribution in [-0.4, -0.2) is 45.9 Å². The molecule has 1 N–H and O–H groups in total. The van der Waals surface area contributed by atoms with E-state index < -0.39 is 0 Å². The first-order valence-electron chi connectivity index (χ1n) is 8.56. The zero-order chi connectivity index (χ0) is 16.5. The first kappa shape index (κ1) is 21.1. The number of carbonyl (C=O) groups excluding carboxylic acids is 1.